The predicted molar refractivity (Wildman–Crippen MR) is 60.0 cm³/mol. The standard InChI is InChI=1S/C7H16N.2ClH.In.2H/c1-4-7-8(5-2)6-3;;;;;/h7H,4-6H2,1-3H3;2*1H;;;. The SMILES string of the molecule is CC[CH]([InH2])N(CC)CC.Cl.Cl. The minimum Gasteiger partial charge on any atom is -0.147 e. The second-order valence-corrected chi connectivity index (χ2v) is 6.28. The van der Waals surface area contributed by atoms with Crippen LogP contribution in [0.2, 0.25) is 0 Å². The van der Waals surface area contributed by atoms with E-state index in [1.54, 1.807) is 0 Å². The Labute approximate surface area is 97.7 Å². The van der Waals surface area contributed by atoms with E-state index in [2.05, 4.69) is 25.7 Å². The summed E-state index contributed by atoms with van der Waals surface area (Å²) >= 11 is 0.823. The van der Waals surface area contributed by atoms with E-state index in [9.17, 15) is 0 Å². The summed E-state index contributed by atoms with van der Waals surface area (Å²) in [6.45, 7) is 9.27. The van der Waals surface area contributed by atoms with Crippen molar-refractivity contribution < 1.29 is 0 Å². The van der Waals surface area contributed by atoms with Crippen LogP contribution < -0.4 is 0 Å². The Morgan fingerprint density at radius 3 is 1.55 bits per heavy atom. The maximum absolute atomic E-state index is 2.57. The number of nitrogens with zero attached hydrogens (tertiary/aromatic N) is 1. The van der Waals surface area contributed by atoms with E-state index in [1.807, 2.05) is 0 Å². The summed E-state index contributed by atoms with van der Waals surface area (Å²) in [5.74, 6) is 0. The molecule has 1 unspecified atom stereocenters. The van der Waals surface area contributed by atoms with E-state index >= 15 is 0 Å². The van der Waals surface area contributed by atoms with Gasteiger partial charge in [0.25, 0.3) is 0 Å². The molecule has 0 rings (SSSR count). The number of rotatable bonds is 4. The van der Waals surface area contributed by atoms with E-state index in [-0.39, 0.29) is 24.8 Å². The molecule has 0 aromatic heterocycles. The monoisotopic (exact) mass is 303 g/mol. The fourth-order valence-corrected chi connectivity index (χ4v) is 3.19. The Bertz CT molecular complexity index is 69.5. The molecule has 1 atom stereocenters. The number of halogens is 2. The molecule has 0 aromatic rings. The predicted octanol–water partition coefficient (Wildman–Crippen LogP) is 1.54. The molecule has 0 spiro atoms. The van der Waals surface area contributed by atoms with Crippen LogP contribution in [0.15, 0.2) is 0 Å². The summed E-state index contributed by atoms with van der Waals surface area (Å²) in [6, 6.07) is 0. The molecular formula is C7H20Cl2InN. The van der Waals surface area contributed by atoms with E-state index in [0.717, 1.165) is 28.2 Å². The molecule has 0 amide bonds. The van der Waals surface area contributed by atoms with Crippen molar-refractivity contribution >= 4 is 49.2 Å². The fourth-order valence-electron chi connectivity index (χ4n) is 1.11. The molecule has 0 radical (unpaired) electrons. The zero-order valence-electron chi connectivity index (χ0n) is 7.96. The number of hydrogen-bond donors (Lipinski definition) is 0. The van der Waals surface area contributed by atoms with Gasteiger partial charge in [-0.15, -0.1) is 24.8 Å². The van der Waals surface area contributed by atoms with Crippen LogP contribution in [0.25, 0.3) is 0 Å². The molecule has 0 saturated heterocycles. The van der Waals surface area contributed by atoms with Crippen LogP contribution in [0.3, 0.4) is 0 Å². The Hall–Kier alpha value is 1.41. The zero-order chi connectivity index (χ0) is 7.28. The van der Waals surface area contributed by atoms with Gasteiger partial charge in [-0.3, -0.25) is 0 Å². The van der Waals surface area contributed by atoms with Gasteiger partial charge in [0, 0.05) is 0 Å². The van der Waals surface area contributed by atoms with E-state index in [4.69, 9.17) is 0 Å². The van der Waals surface area contributed by atoms with Crippen molar-refractivity contribution in [3.63, 3.8) is 0 Å². The van der Waals surface area contributed by atoms with E-state index < -0.39 is 0 Å². The molecule has 1 nitrogen and oxygen atoms in total. The van der Waals surface area contributed by atoms with Gasteiger partial charge in [0.15, 0.2) is 0 Å². The van der Waals surface area contributed by atoms with Crippen molar-refractivity contribution in [3.05, 3.63) is 0 Å². The molecule has 0 saturated carbocycles. The molecule has 11 heavy (non-hydrogen) atoms. The maximum atomic E-state index is 2.57. The fraction of sp³-hybridized carbons (Fsp3) is 1.00. The van der Waals surface area contributed by atoms with Crippen LogP contribution in [0.4, 0.5) is 0 Å². The van der Waals surface area contributed by atoms with Gasteiger partial charge in [-0.1, -0.05) is 0 Å². The molecule has 0 heterocycles. The maximum Gasteiger partial charge on any atom is -0.147 e. The molecule has 0 aromatic carbocycles. The van der Waals surface area contributed by atoms with Crippen LogP contribution in [0, 0.1) is 0 Å². The Morgan fingerprint density at radius 1 is 1.09 bits per heavy atom. The van der Waals surface area contributed by atoms with Gasteiger partial charge in [0.1, 0.15) is 0 Å². The average molecular weight is 304 g/mol. The summed E-state index contributed by atoms with van der Waals surface area (Å²) in [5, 5.41) is 0. The Balaban J connectivity index is -0.000000320. The molecule has 0 fully saturated rings. The Morgan fingerprint density at radius 2 is 1.45 bits per heavy atom. The van der Waals surface area contributed by atoms with Crippen molar-refractivity contribution in [1.29, 1.82) is 0 Å². The molecule has 4 heteroatoms. The van der Waals surface area contributed by atoms with Gasteiger partial charge in [0.2, 0.25) is 0 Å². The first-order chi connectivity index (χ1) is 4.26. The van der Waals surface area contributed by atoms with Crippen LogP contribution in [0.5, 0.6) is 0 Å². The van der Waals surface area contributed by atoms with Crippen molar-refractivity contribution in [3.8, 4) is 0 Å². The zero-order valence-corrected chi connectivity index (χ0v) is 15.3. The normalized spacial score (nSPS) is 11.6. The summed E-state index contributed by atoms with van der Waals surface area (Å²) < 4.78 is 0.974. The van der Waals surface area contributed by atoms with Crippen molar-refractivity contribution in [2.45, 2.75) is 31.0 Å². The quantitative estimate of drug-likeness (QED) is 0.761. The van der Waals surface area contributed by atoms with Crippen LogP contribution in [-0.4, -0.2) is 46.2 Å². The minimum absolute atomic E-state index is 0. The van der Waals surface area contributed by atoms with Crippen molar-refractivity contribution in [1.82, 2.24) is 4.90 Å². The van der Waals surface area contributed by atoms with Gasteiger partial charge >= 0.3 is 73.4 Å². The van der Waals surface area contributed by atoms with Gasteiger partial charge in [-0.25, -0.2) is 0 Å². The second kappa shape index (κ2) is 11.4. The minimum atomic E-state index is 0. The summed E-state index contributed by atoms with van der Waals surface area (Å²) in [6.07, 6.45) is 1.36. The van der Waals surface area contributed by atoms with Crippen LogP contribution >= 0.6 is 24.8 Å². The molecule has 0 aliphatic rings. The molecule has 0 aliphatic carbocycles. The molecule has 0 bridgehead atoms. The third-order valence-corrected chi connectivity index (χ3v) is 6.44. The van der Waals surface area contributed by atoms with Gasteiger partial charge in [-0.2, -0.15) is 0 Å². The molecule has 0 N–H and O–H groups in total. The smallest absolute Gasteiger partial charge is 0.147 e. The Kier molecular flexibility index (Phi) is 18.9. The third kappa shape index (κ3) is 7.76. The third-order valence-electron chi connectivity index (χ3n) is 2.03. The van der Waals surface area contributed by atoms with Gasteiger partial charge in [-0.05, 0) is 0 Å². The topological polar surface area (TPSA) is 3.24 Å². The van der Waals surface area contributed by atoms with Gasteiger partial charge < -0.3 is 0 Å². The van der Waals surface area contributed by atoms with Crippen LogP contribution in [0.1, 0.15) is 27.2 Å². The van der Waals surface area contributed by atoms with Gasteiger partial charge in [0.05, 0.1) is 0 Å². The van der Waals surface area contributed by atoms with Crippen molar-refractivity contribution in [2.75, 3.05) is 13.1 Å². The summed E-state index contributed by atoms with van der Waals surface area (Å²) in [7, 11) is 0. The van der Waals surface area contributed by atoms with Crippen molar-refractivity contribution in [2.24, 2.45) is 0 Å². The first-order valence-corrected chi connectivity index (χ1v) is 7.29. The molecular weight excluding hydrogens is 284 g/mol. The first-order valence-electron chi connectivity index (χ1n) is 4.00. The van der Waals surface area contributed by atoms with E-state index in [0.29, 0.717) is 0 Å². The number of hydrogen-bond acceptors (Lipinski definition) is 1. The molecule has 0 aliphatic heterocycles. The van der Waals surface area contributed by atoms with E-state index in [1.165, 1.54) is 19.5 Å². The second-order valence-electron chi connectivity index (χ2n) is 2.48. The average Bonchev–Trinajstić information content (AvgIpc) is 1.90. The summed E-state index contributed by atoms with van der Waals surface area (Å²) in [5.41, 5.74) is 0. The van der Waals surface area contributed by atoms with Crippen LogP contribution in [-0.2, 0) is 0 Å². The largest absolute Gasteiger partial charge is 0.147 e. The summed E-state index contributed by atoms with van der Waals surface area (Å²) in [4.78, 5) is 2.57. The first kappa shape index (κ1) is 18.2. The molecule has 70 valence electrons.